The predicted octanol–water partition coefficient (Wildman–Crippen LogP) is 3.09. The molecule has 0 atom stereocenters. The highest BCUT2D eigenvalue weighted by atomic mass is 35.5. The Balaban J connectivity index is 1.63. The Labute approximate surface area is 153 Å². The largest absolute Gasteiger partial charge is 0.495 e. The number of hydrogen-bond acceptors (Lipinski definition) is 6. The number of anilines is 1. The second-order valence-corrected chi connectivity index (χ2v) is 5.65. The fraction of sp³-hybridized carbons (Fsp3) is 0.111. The van der Waals surface area contributed by atoms with Gasteiger partial charge >= 0.3 is 5.97 Å². The van der Waals surface area contributed by atoms with Gasteiger partial charge in [-0.05, 0) is 42.5 Å². The number of hydrogen-bond donors (Lipinski definition) is 1. The maximum absolute atomic E-state index is 12.1. The Morgan fingerprint density at radius 3 is 2.85 bits per heavy atom. The van der Waals surface area contributed by atoms with Crippen LogP contribution in [0.1, 0.15) is 10.5 Å². The molecule has 0 saturated heterocycles. The summed E-state index contributed by atoms with van der Waals surface area (Å²) in [6.45, 7) is -0.476. The van der Waals surface area contributed by atoms with Gasteiger partial charge in [-0.2, -0.15) is 0 Å². The lowest BCUT2D eigenvalue weighted by atomic mass is 10.2. The number of benzene rings is 1. The lowest BCUT2D eigenvalue weighted by Gasteiger charge is -2.10. The molecule has 8 heteroatoms. The molecular formula is C18H14ClN3O4. The van der Waals surface area contributed by atoms with Crippen LogP contribution in [-0.4, -0.2) is 35.6 Å². The molecule has 1 aromatic carbocycles. The number of methoxy groups -OCH3 is 1. The van der Waals surface area contributed by atoms with Crippen LogP contribution in [0.15, 0.2) is 48.7 Å². The van der Waals surface area contributed by atoms with Gasteiger partial charge in [0.05, 0.1) is 12.8 Å². The highest BCUT2D eigenvalue weighted by Gasteiger charge is 2.14. The second-order valence-electron chi connectivity index (χ2n) is 5.22. The molecule has 0 aliphatic rings. The zero-order valence-corrected chi connectivity index (χ0v) is 14.5. The number of carbonyl (C=O) groups excluding carboxylic acids is 2. The molecule has 132 valence electrons. The molecular weight excluding hydrogens is 358 g/mol. The van der Waals surface area contributed by atoms with Crippen LogP contribution in [-0.2, 0) is 9.53 Å². The van der Waals surface area contributed by atoms with Crippen molar-refractivity contribution in [1.82, 2.24) is 9.97 Å². The molecule has 2 heterocycles. The number of halogens is 1. The van der Waals surface area contributed by atoms with Gasteiger partial charge in [0.25, 0.3) is 5.91 Å². The van der Waals surface area contributed by atoms with Crippen LogP contribution in [0.4, 0.5) is 5.69 Å². The predicted molar refractivity (Wildman–Crippen MR) is 96.5 cm³/mol. The molecule has 1 N–H and O–H groups in total. The van der Waals surface area contributed by atoms with E-state index in [1.807, 2.05) is 6.07 Å². The Kier molecular flexibility index (Phi) is 5.28. The summed E-state index contributed by atoms with van der Waals surface area (Å²) in [6.07, 6.45) is 1.58. The molecule has 0 aliphatic heterocycles. The number of nitrogens with one attached hydrogen (secondary N) is 1. The van der Waals surface area contributed by atoms with Crippen molar-refractivity contribution in [2.24, 2.45) is 0 Å². The Hall–Kier alpha value is -3.19. The average molecular weight is 372 g/mol. The minimum absolute atomic E-state index is 0.0735. The minimum atomic E-state index is -0.717. The zero-order valence-electron chi connectivity index (χ0n) is 13.7. The van der Waals surface area contributed by atoms with E-state index >= 15 is 0 Å². The molecule has 0 saturated carbocycles. The van der Waals surface area contributed by atoms with Crippen molar-refractivity contribution in [2.45, 2.75) is 0 Å². The summed E-state index contributed by atoms with van der Waals surface area (Å²) in [7, 11) is 1.47. The molecule has 0 spiro atoms. The first-order chi connectivity index (χ1) is 12.6. The van der Waals surface area contributed by atoms with Gasteiger partial charge in [0.2, 0.25) is 0 Å². The summed E-state index contributed by atoms with van der Waals surface area (Å²) in [5, 5.41) is 3.82. The highest BCUT2D eigenvalue weighted by Crippen LogP contribution is 2.27. The van der Waals surface area contributed by atoms with Gasteiger partial charge in [0.1, 0.15) is 5.75 Å². The van der Waals surface area contributed by atoms with E-state index in [-0.39, 0.29) is 5.69 Å². The number of aromatic nitrogens is 2. The van der Waals surface area contributed by atoms with Gasteiger partial charge < -0.3 is 14.8 Å². The maximum atomic E-state index is 12.1. The Morgan fingerprint density at radius 2 is 2.04 bits per heavy atom. The number of fused-ring (bicyclic) bond motifs is 1. The van der Waals surface area contributed by atoms with E-state index in [1.165, 1.54) is 19.2 Å². The Morgan fingerprint density at radius 1 is 1.19 bits per heavy atom. The summed E-state index contributed by atoms with van der Waals surface area (Å²) in [5.74, 6) is -0.806. The van der Waals surface area contributed by atoms with Crippen LogP contribution in [0.25, 0.3) is 11.0 Å². The first-order valence-corrected chi connectivity index (χ1v) is 7.97. The first-order valence-electron chi connectivity index (χ1n) is 7.59. The number of carbonyl (C=O) groups is 2. The van der Waals surface area contributed by atoms with Gasteiger partial charge in [0.15, 0.2) is 17.9 Å². The quantitative estimate of drug-likeness (QED) is 0.693. The second kappa shape index (κ2) is 7.79. The number of rotatable bonds is 5. The van der Waals surface area contributed by atoms with E-state index in [0.717, 1.165) is 5.39 Å². The normalized spacial score (nSPS) is 10.4. The van der Waals surface area contributed by atoms with E-state index in [2.05, 4.69) is 15.3 Å². The number of pyridine rings is 2. The molecule has 3 aromatic rings. The van der Waals surface area contributed by atoms with Crippen LogP contribution in [0.3, 0.4) is 0 Å². The molecule has 2 aromatic heterocycles. The third-order valence-electron chi connectivity index (χ3n) is 3.44. The van der Waals surface area contributed by atoms with Crippen molar-refractivity contribution < 1.29 is 19.1 Å². The van der Waals surface area contributed by atoms with Crippen molar-refractivity contribution >= 4 is 40.2 Å². The van der Waals surface area contributed by atoms with Crippen LogP contribution in [0.2, 0.25) is 5.02 Å². The zero-order chi connectivity index (χ0) is 18.5. The third-order valence-corrected chi connectivity index (χ3v) is 3.68. The van der Waals surface area contributed by atoms with Crippen molar-refractivity contribution in [3.8, 4) is 5.75 Å². The van der Waals surface area contributed by atoms with Crippen molar-refractivity contribution in [3.05, 3.63) is 59.4 Å². The SMILES string of the molecule is COc1ccc(Cl)cc1NC(=O)COC(=O)c1ccc2cccnc2n1. The number of nitrogens with zero attached hydrogens (tertiary/aromatic N) is 2. The van der Waals surface area contributed by atoms with Gasteiger partial charge in [-0.1, -0.05) is 11.6 Å². The molecule has 0 bridgehead atoms. The molecule has 7 nitrogen and oxygen atoms in total. The number of amides is 1. The minimum Gasteiger partial charge on any atom is -0.495 e. The van der Waals surface area contributed by atoms with Gasteiger partial charge in [0, 0.05) is 16.6 Å². The van der Waals surface area contributed by atoms with Gasteiger partial charge in [-0.25, -0.2) is 14.8 Å². The summed E-state index contributed by atoms with van der Waals surface area (Å²) in [4.78, 5) is 32.3. The number of esters is 1. The summed E-state index contributed by atoms with van der Waals surface area (Å²) < 4.78 is 10.1. The third kappa shape index (κ3) is 4.07. The smallest absolute Gasteiger partial charge is 0.357 e. The van der Waals surface area contributed by atoms with Crippen LogP contribution in [0, 0.1) is 0 Å². The molecule has 0 fully saturated rings. The molecule has 0 unspecified atom stereocenters. The molecule has 1 amide bonds. The van der Waals surface area contributed by atoms with E-state index in [4.69, 9.17) is 21.1 Å². The van der Waals surface area contributed by atoms with Gasteiger partial charge in [-0.15, -0.1) is 0 Å². The average Bonchev–Trinajstić information content (AvgIpc) is 2.66. The van der Waals surface area contributed by atoms with Gasteiger partial charge in [-0.3, -0.25) is 4.79 Å². The first kappa shape index (κ1) is 17.6. The topological polar surface area (TPSA) is 90.4 Å². The number of ether oxygens (including phenoxy) is 2. The van der Waals surface area contributed by atoms with Crippen molar-refractivity contribution in [1.29, 1.82) is 0 Å². The van der Waals surface area contributed by atoms with Crippen LogP contribution < -0.4 is 10.1 Å². The molecule has 26 heavy (non-hydrogen) atoms. The van der Waals surface area contributed by atoms with Crippen LogP contribution in [0.5, 0.6) is 5.75 Å². The monoisotopic (exact) mass is 371 g/mol. The summed E-state index contributed by atoms with van der Waals surface area (Å²) >= 11 is 5.91. The fourth-order valence-electron chi connectivity index (χ4n) is 2.24. The molecule has 3 rings (SSSR count). The van der Waals surface area contributed by atoms with E-state index in [9.17, 15) is 9.59 Å². The Bertz CT molecular complexity index is 978. The lowest BCUT2D eigenvalue weighted by molar-refractivity contribution is -0.119. The van der Waals surface area contributed by atoms with E-state index < -0.39 is 18.5 Å². The summed E-state index contributed by atoms with van der Waals surface area (Å²) in [5.41, 5.74) is 0.883. The highest BCUT2D eigenvalue weighted by molar-refractivity contribution is 6.31. The fourth-order valence-corrected chi connectivity index (χ4v) is 2.41. The maximum Gasteiger partial charge on any atom is 0.357 e. The summed E-state index contributed by atoms with van der Waals surface area (Å²) in [6, 6.07) is 11.6. The lowest BCUT2D eigenvalue weighted by Crippen LogP contribution is -2.21. The van der Waals surface area contributed by atoms with Crippen molar-refractivity contribution in [3.63, 3.8) is 0 Å². The molecule has 0 aliphatic carbocycles. The van der Waals surface area contributed by atoms with E-state index in [0.29, 0.717) is 22.1 Å². The molecule has 0 radical (unpaired) electrons. The van der Waals surface area contributed by atoms with Crippen molar-refractivity contribution in [2.75, 3.05) is 19.0 Å². The van der Waals surface area contributed by atoms with E-state index in [1.54, 1.807) is 30.5 Å². The standard InChI is InChI=1S/C18H14ClN3O4/c1-25-15-7-5-12(19)9-14(15)21-16(23)10-26-18(24)13-6-4-11-3-2-8-20-17(11)22-13/h2-9H,10H2,1H3,(H,21,23). The van der Waals surface area contributed by atoms with Crippen LogP contribution >= 0.6 is 11.6 Å².